The minimum absolute atomic E-state index is 0.166. The third kappa shape index (κ3) is 3.54. The molecule has 0 aliphatic heterocycles. The first-order valence-corrected chi connectivity index (χ1v) is 6.35. The molecule has 1 unspecified atom stereocenters. The first kappa shape index (κ1) is 16.1. The van der Waals surface area contributed by atoms with Gasteiger partial charge >= 0.3 is 0 Å². The maximum Gasteiger partial charge on any atom is 0.203 e. The van der Waals surface area contributed by atoms with Crippen LogP contribution in [0.5, 0.6) is 17.2 Å². The van der Waals surface area contributed by atoms with Crippen molar-refractivity contribution in [1.82, 2.24) is 0 Å². The van der Waals surface area contributed by atoms with Gasteiger partial charge in [-0.15, -0.1) is 13.2 Å². The van der Waals surface area contributed by atoms with E-state index in [1.165, 1.54) is 0 Å². The molecule has 4 nitrogen and oxygen atoms in total. The van der Waals surface area contributed by atoms with Gasteiger partial charge < -0.3 is 18.9 Å². The maximum absolute atomic E-state index is 5.77. The fraction of sp³-hybridized carbons (Fsp3) is 0.375. The van der Waals surface area contributed by atoms with Gasteiger partial charge in [-0.25, -0.2) is 0 Å². The number of hydrogen-bond acceptors (Lipinski definition) is 4. The van der Waals surface area contributed by atoms with Crippen molar-refractivity contribution in [2.45, 2.75) is 12.5 Å². The standard InChI is InChI=1S/C16H22O4/c1-6-8-13(20-11-7-2)12-9-10-14(17-3)16(19-5)15(12)18-4/h6-7,9-10,13H,1-2,8,11H2,3-5H3. The molecule has 1 aromatic rings. The molecular weight excluding hydrogens is 256 g/mol. The van der Waals surface area contributed by atoms with E-state index in [2.05, 4.69) is 13.2 Å². The molecule has 0 aliphatic rings. The van der Waals surface area contributed by atoms with E-state index in [9.17, 15) is 0 Å². The molecule has 110 valence electrons. The highest BCUT2D eigenvalue weighted by atomic mass is 16.5. The fourth-order valence-corrected chi connectivity index (χ4v) is 2.00. The van der Waals surface area contributed by atoms with Gasteiger partial charge in [0.2, 0.25) is 5.75 Å². The zero-order valence-electron chi connectivity index (χ0n) is 12.3. The van der Waals surface area contributed by atoms with E-state index in [1.807, 2.05) is 18.2 Å². The molecule has 1 rings (SSSR count). The van der Waals surface area contributed by atoms with Gasteiger partial charge in [0.25, 0.3) is 0 Å². The summed E-state index contributed by atoms with van der Waals surface area (Å²) in [5, 5.41) is 0. The Morgan fingerprint density at radius 2 is 1.70 bits per heavy atom. The van der Waals surface area contributed by atoms with E-state index >= 15 is 0 Å². The van der Waals surface area contributed by atoms with Crippen LogP contribution in [0, 0.1) is 0 Å². The van der Waals surface area contributed by atoms with Crippen LogP contribution in [0.25, 0.3) is 0 Å². The monoisotopic (exact) mass is 278 g/mol. The van der Waals surface area contributed by atoms with Crippen molar-refractivity contribution < 1.29 is 18.9 Å². The molecule has 0 fully saturated rings. The Morgan fingerprint density at radius 1 is 1.00 bits per heavy atom. The lowest BCUT2D eigenvalue weighted by molar-refractivity contribution is 0.0742. The molecule has 0 aliphatic carbocycles. The second-order valence-corrected chi connectivity index (χ2v) is 4.06. The van der Waals surface area contributed by atoms with Gasteiger partial charge in [0, 0.05) is 5.56 Å². The van der Waals surface area contributed by atoms with Gasteiger partial charge in [-0.1, -0.05) is 12.2 Å². The molecule has 1 aromatic carbocycles. The third-order valence-electron chi connectivity index (χ3n) is 2.88. The van der Waals surface area contributed by atoms with Crippen LogP contribution in [0.2, 0.25) is 0 Å². The number of hydrogen-bond donors (Lipinski definition) is 0. The first-order valence-electron chi connectivity index (χ1n) is 6.35. The highest BCUT2D eigenvalue weighted by Gasteiger charge is 2.21. The first-order chi connectivity index (χ1) is 9.73. The summed E-state index contributed by atoms with van der Waals surface area (Å²) < 4.78 is 21.9. The van der Waals surface area contributed by atoms with Gasteiger partial charge in [-0.2, -0.15) is 0 Å². The fourth-order valence-electron chi connectivity index (χ4n) is 2.00. The predicted octanol–water partition coefficient (Wildman–Crippen LogP) is 3.53. The molecule has 0 radical (unpaired) electrons. The van der Waals surface area contributed by atoms with E-state index in [-0.39, 0.29) is 6.10 Å². The van der Waals surface area contributed by atoms with Crippen LogP contribution in [-0.4, -0.2) is 27.9 Å². The van der Waals surface area contributed by atoms with Crippen molar-refractivity contribution in [1.29, 1.82) is 0 Å². The second-order valence-electron chi connectivity index (χ2n) is 4.06. The van der Waals surface area contributed by atoms with E-state index in [4.69, 9.17) is 18.9 Å². The lowest BCUT2D eigenvalue weighted by atomic mass is 10.0. The van der Waals surface area contributed by atoms with Gasteiger partial charge in [0.1, 0.15) is 0 Å². The molecule has 0 saturated heterocycles. The molecule has 0 amide bonds. The zero-order valence-corrected chi connectivity index (χ0v) is 12.3. The average molecular weight is 278 g/mol. The van der Waals surface area contributed by atoms with Crippen LogP contribution in [0.4, 0.5) is 0 Å². The van der Waals surface area contributed by atoms with Crippen molar-refractivity contribution in [2.75, 3.05) is 27.9 Å². The number of methoxy groups -OCH3 is 3. The van der Waals surface area contributed by atoms with Crippen molar-refractivity contribution in [3.63, 3.8) is 0 Å². The summed E-state index contributed by atoms with van der Waals surface area (Å²) in [6, 6.07) is 3.75. The highest BCUT2D eigenvalue weighted by molar-refractivity contribution is 5.56. The Balaban J connectivity index is 3.25. The molecule has 0 aromatic heterocycles. The summed E-state index contributed by atoms with van der Waals surface area (Å²) in [4.78, 5) is 0. The lowest BCUT2D eigenvalue weighted by Crippen LogP contribution is -2.07. The normalized spacial score (nSPS) is 11.6. The summed E-state index contributed by atoms with van der Waals surface area (Å²) in [6.07, 6.45) is 4.02. The minimum atomic E-state index is -0.166. The number of rotatable bonds is 9. The van der Waals surface area contributed by atoms with Crippen LogP contribution in [0.15, 0.2) is 37.4 Å². The Morgan fingerprint density at radius 3 is 2.20 bits per heavy atom. The maximum atomic E-state index is 5.77. The summed E-state index contributed by atoms with van der Waals surface area (Å²) in [6.45, 7) is 7.88. The summed E-state index contributed by atoms with van der Waals surface area (Å²) in [7, 11) is 4.77. The van der Waals surface area contributed by atoms with Crippen molar-refractivity contribution >= 4 is 0 Å². The van der Waals surface area contributed by atoms with E-state index < -0.39 is 0 Å². The quantitative estimate of drug-likeness (QED) is 0.647. The third-order valence-corrected chi connectivity index (χ3v) is 2.88. The van der Waals surface area contributed by atoms with Crippen LogP contribution >= 0.6 is 0 Å². The Labute approximate surface area is 120 Å². The van der Waals surface area contributed by atoms with Crippen molar-refractivity contribution in [2.24, 2.45) is 0 Å². The predicted molar refractivity (Wildman–Crippen MR) is 79.8 cm³/mol. The molecule has 0 N–H and O–H groups in total. The van der Waals surface area contributed by atoms with Crippen molar-refractivity contribution in [3.8, 4) is 17.2 Å². The Bertz CT molecular complexity index is 454. The number of ether oxygens (including phenoxy) is 4. The number of benzene rings is 1. The zero-order chi connectivity index (χ0) is 15.0. The molecule has 1 atom stereocenters. The Hall–Kier alpha value is -1.94. The average Bonchev–Trinajstić information content (AvgIpc) is 2.49. The van der Waals surface area contributed by atoms with E-state index in [0.717, 1.165) is 5.56 Å². The van der Waals surface area contributed by atoms with E-state index in [0.29, 0.717) is 30.3 Å². The minimum Gasteiger partial charge on any atom is -0.493 e. The topological polar surface area (TPSA) is 36.9 Å². The van der Waals surface area contributed by atoms with Crippen LogP contribution in [-0.2, 0) is 4.74 Å². The molecule has 20 heavy (non-hydrogen) atoms. The highest BCUT2D eigenvalue weighted by Crippen LogP contribution is 2.43. The molecule has 0 spiro atoms. The van der Waals surface area contributed by atoms with Crippen molar-refractivity contribution in [3.05, 3.63) is 43.0 Å². The van der Waals surface area contributed by atoms with Gasteiger partial charge in [-0.05, 0) is 18.6 Å². The SMILES string of the molecule is C=CCOC(CC=C)c1ccc(OC)c(OC)c1OC. The van der Waals surface area contributed by atoms with Crippen LogP contribution in [0.3, 0.4) is 0 Å². The van der Waals surface area contributed by atoms with E-state index in [1.54, 1.807) is 27.4 Å². The molecule has 0 saturated carbocycles. The second kappa shape index (κ2) is 8.27. The van der Waals surface area contributed by atoms with Gasteiger partial charge in [0.15, 0.2) is 11.5 Å². The molecule has 4 heteroatoms. The lowest BCUT2D eigenvalue weighted by Gasteiger charge is -2.21. The van der Waals surface area contributed by atoms with Crippen LogP contribution in [0.1, 0.15) is 18.1 Å². The molecule has 0 heterocycles. The largest absolute Gasteiger partial charge is 0.493 e. The van der Waals surface area contributed by atoms with Crippen LogP contribution < -0.4 is 14.2 Å². The molecule has 0 bridgehead atoms. The van der Waals surface area contributed by atoms with Gasteiger partial charge in [-0.3, -0.25) is 0 Å². The summed E-state index contributed by atoms with van der Waals surface area (Å²) in [5.41, 5.74) is 0.895. The van der Waals surface area contributed by atoms with Gasteiger partial charge in [0.05, 0.1) is 34.0 Å². The Kier molecular flexibility index (Phi) is 6.67. The smallest absolute Gasteiger partial charge is 0.203 e. The summed E-state index contributed by atoms with van der Waals surface area (Å²) in [5.74, 6) is 1.79. The summed E-state index contributed by atoms with van der Waals surface area (Å²) >= 11 is 0. The molecular formula is C16H22O4.